The van der Waals surface area contributed by atoms with E-state index in [1.165, 1.54) is 0 Å². The molecular formula is C21H19ClN2O3. The van der Waals surface area contributed by atoms with Crippen molar-refractivity contribution in [2.45, 2.75) is 25.9 Å². The first kappa shape index (κ1) is 17.6. The van der Waals surface area contributed by atoms with E-state index in [0.29, 0.717) is 30.0 Å². The van der Waals surface area contributed by atoms with Gasteiger partial charge in [-0.3, -0.25) is 4.79 Å². The summed E-state index contributed by atoms with van der Waals surface area (Å²) in [6, 6.07) is 11.2. The summed E-state index contributed by atoms with van der Waals surface area (Å²) >= 11 is 6.07. The number of hydrogen-bond donors (Lipinski definition) is 2. The van der Waals surface area contributed by atoms with Gasteiger partial charge in [-0.25, -0.2) is 4.79 Å². The molecule has 2 aromatic carbocycles. The van der Waals surface area contributed by atoms with Crippen LogP contribution in [0.1, 0.15) is 27.0 Å². The molecule has 1 aromatic heterocycles. The zero-order valence-electron chi connectivity index (χ0n) is 14.8. The Morgan fingerprint density at radius 1 is 1.30 bits per heavy atom. The number of halogens is 1. The molecule has 3 aromatic rings. The molecule has 27 heavy (non-hydrogen) atoms. The highest BCUT2D eigenvalue weighted by atomic mass is 35.5. The van der Waals surface area contributed by atoms with Crippen LogP contribution in [0.4, 0.5) is 0 Å². The Morgan fingerprint density at radius 3 is 3.00 bits per heavy atom. The average molecular weight is 383 g/mol. The van der Waals surface area contributed by atoms with Crippen molar-refractivity contribution in [2.24, 2.45) is 0 Å². The molecule has 0 saturated heterocycles. The van der Waals surface area contributed by atoms with Crippen LogP contribution in [0.2, 0.25) is 5.02 Å². The number of aromatic amines is 1. The largest absolute Gasteiger partial charge is 0.448 e. The summed E-state index contributed by atoms with van der Waals surface area (Å²) in [6.45, 7) is 2.41. The fourth-order valence-electron chi connectivity index (χ4n) is 3.46. The molecule has 1 atom stereocenters. The van der Waals surface area contributed by atoms with E-state index in [1.807, 2.05) is 43.5 Å². The Labute approximate surface area is 161 Å². The lowest BCUT2D eigenvalue weighted by molar-refractivity contribution is -0.130. The van der Waals surface area contributed by atoms with Crippen LogP contribution in [0.15, 0.2) is 42.6 Å². The van der Waals surface area contributed by atoms with Gasteiger partial charge in [0, 0.05) is 35.1 Å². The molecular weight excluding hydrogens is 364 g/mol. The van der Waals surface area contributed by atoms with Crippen molar-refractivity contribution in [1.82, 2.24) is 10.3 Å². The van der Waals surface area contributed by atoms with Crippen LogP contribution in [0, 0.1) is 6.92 Å². The number of ether oxygens (including phenoxy) is 1. The number of carbonyl (C=O) groups is 2. The lowest BCUT2D eigenvalue weighted by atomic mass is 9.96. The minimum Gasteiger partial charge on any atom is -0.448 e. The van der Waals surface area contributed by atoms with Crippen molar-refractivity contribution < 1.29 is 14.3 Å². The van der Waals surface area contributed by atoms with Gasteiger partial charge in [0.05, 0.1) is 5.56 Å². The Bertz CT molecular complexity index is 1040. The average Bonchev–Trinajstić information content (AvgIpc) is 3.03. The first-order valence-electron chi connectivity index (χ1n) is 8.85. The van der Waals surface area contributed by atoms with Gasteiger partial charge in [0.1, 0.15) is 0 Å². The highest BCUT2D eigenvalue weighted by Crippen LogP contribution is 2.23. The van der Waals surface area contributed by atoms with Crippen molar-refractivity contribution >= 4 is 34.4 Å². The summed E-state index contributed by atoms with van der Waals surface area (Å²) in [5.41, 5.74) is 4.54. The lowest BCUT2D eigenvalue weighted by Gasteiger charge is -2.24. The SMILES string of the molecule is Cc1ccc2c(c1)CC(C(=O)NCCc1c[nH]c3ccc(Cl)cc13)OC2=O. The van der Waals surface area contributed by atoms with Gasteiger partial charge >= 0.3 is 5.97 Å². The van der Waals surface area contributed by atoms with Crippen molar-refractivity contribution in [2.75, 3.05) is 6.54 Å². The van der Waals surface area contributed by atoms with Gasteiger partial charge in [-0.05, 0) is 48.7 Å². The van der Waals surface area contributed by atoms with Gasteiger partial charge in [0.2, 0.25) is 0 Å². The van der Waals surface area contributed by atoms with Gasteiger partial charge in [-0.1, -0.05) is 29.3 Å². The maximum atomic E-state index is 12.5. The van der Waals surface area contributed by atoms with Gasteiger partial charge in [-0.2, -0.15) is 0 Å². The molecule has 1 aliphatic rings. The number of fused-ring (bicyclic) bond motifs is 2. The molecule has 2 N–H and O–H groups in total. The molecule has 1 unspecified atom stereocenters. The first-order chi connectivity index (χ1) is 13.0. The van der Waals surface area contributed by atoms with E-state index >= 15 is 0 Å². The maximum Gasteiger partial charge on any atom is 0.339 e. The third-order valence-corrected chi connectivity index (χ3v) is 5.09. The summed E-state index contributed by atoms with van der Waals surface area (Å²) in [6.07, 6.45) is 2.19. The topological polar surface area (TPSA) is 71.2 Å². The third-order valence-electron chi connectivity index (χ3n) is 4.85. The van der Waals surface area contributed by atoms with Crippen LogP contribution in [0.5, 0.6) is 0 Å². The van der Waals surface area contributed by atoms with Gasteiger partial charge in [-0.15, -0.1) is 0 Å². The number of aromatic nitrogens is 1. The maximum absolute atomic E-state index is 12.5. The quantitative estimate of drug-likeness (QED) is 0.677. The van der Waals surface area contributed by atoms with E-state index in [1.54, 1.807) is 6.07 Å². The predicted molar refractivity (Wildman–Crippen MR) is 104 cm³/mol. The number of amides is 1. The Balaban J connectivity index is 1.39. The van der Waals surface area contributed by atoms with Gasteiger partial charge in [0.25, 0.3) is 5.91 Å². The Kier molecular flexibility index (Phi) is 4.62. The molecule has 4 rings (SSSR count). The number of nitrogens with one attached hydrogen (secondary N) is 2. The summed E-state index contributed by atoms with van der Waals surface area (Å²) < 4.78 is 5.31. The highest BCUT2D eigenvalue weighted by Gasteiger charge is 2.31. The molecule has 5 nitrogen and oxygen atoms in total. The lowest BCUT2D eigenvalue weighted by Crippen LogP contribution is -2.42. The summed E-state index contributed by atoms with van der Waals surface area (Å²) in [7, 11) is 0. The number of rotatable bonds is 4. The second kappa shape index (κ2) is 7.08. The number of cyclic esters (lactones) is 1. The van der Waals surface area contributed by atoms with E-state index in [4.69, 9.17) is 16.3 Å². The fraction of sp³-hybridized carbons (Fsp3) is 0.238. The number of carbonyl (C=O) groups excluding carboxylic acids is 2. The van der Waals surface area contributed by atoms with E-state index in [0.717, 1.165) is 27.6 Å². The number of esters is 1. The summed E-state index contributed by atoms with van der Waals surface area (Å²) in [4.78, 5) is 27.8. The predicted octanol–water partition coefficient (Wildman–Crippen LogP) is 3.57. The Hall–Kier alpha value is -2.79. The van der Waals surface area contributed by atoms with E-state index in [-0.39, 0.29) is 5.91 Å². The van der Waals surface area contributed by atoms with Crippen LogP contribution in [0.3, 0.4) is 0 Å². The van der Waals surface area contributed by atoms with Crippen LogP contribution in [0.25, 0.3) is 10.9 Å². The van der Waals surface area contributed by atoms with Crippen molar-refractivity contribution in [3.05, 3.63) is 69.9 Å². The van der Waals surface area contributed by atoms with Crippen molar-refractivity contribution in [1.29, 1.82) is 0 Å². The molecule has 0 saturated carbocycles. The summed E-state index contributed by atoms with van der Waals surface area (Å²) in [5.74, 6) is -0.712. The van der Waals surface area contributed by atoms with Crippen molar-refractivity contribution in [3.63, 3.8) is 0 Å². The van der Waals surface area contributed by atoms with Crippen molar-refractivity contribution in [3.8, 4) is 0 Å². The molecule has 0 spiro atoms. The molecule has 0 bridgehead atoms. The Morgan fingerprint density at radius 2 is 2.15 bits per heavy atom. The van der Waals surface area contributed by atoms with E-state index < -0.39 is 12.1 Å². The van der Waals surface area contributed by atoms with Gasteiger partial charge in [0.15, 0.2) is 6.10 Å². The smallest absolute Gasteiger partial charge is 0.339 e. The summed E-state index contributed by atoms with van der Waals surface area (Å²) in [5, 5.41) is 4.60. The molecule has 138 valence electrons. The monoisotopic (exact) mass is 382 g/mol. The standard InChI is InChI=1S/C21H19ClN2O3/c1-12-2-4-16-14(8-12)9-19(27-21(16)26)20(25)23-7-6-13-11-24-18-5-3-15(22)10-17(13)18/h2-5,8,10-11,19,24H,6-7,9H2,1H3,(H,23,25). The van der Waals surface area contributed by atoms with E-state index in [2.05, 4.69) is 10.3 Å². The molecule has 6 heteroatoms. The number of hydrogen-bond acceptors (Lipinski definition) is 3. The van der Waals surface area contributed by atoms with Crippen LogP contribution >= 0.6 is 11.6 Å². The third kappa shape index (κ3) is 3.55. The van der Waals surface area contributed by atoms with Crippen LogP contribution < -0.4 is 5.32 Å². The zero-order chi connectivity index (χ0) is 19.0. The second-order valence-electron chi connectivity index (χ2n) is 6.80. The number of aryl methyl sites for hydroxylation is 1. The molecule has 1 amide bonds. The number of benzene rings is 2. The van der Waals surface area contributed by atoms with Gasteiger partial charge < -0.3 is 15.0 Å². The first-order valence-corrected chi connectivity index (χ1v) is 9.23. The molecule has 0 aliphatic carbocycles. The second-order valence-corrected chi connectivity index (χ2v) is 7.24. The highest BCUT2D eigenvalue weighted by molar-refractivity contribution is 6.31. The molecule has 0 radical (unpaired) electrons. The molecule has 2 heterocycles. The number of H-pyrrole nitrogens is 1. The van der Waals surface area contributed by atoms with Crippen LogP contribution in [-0.4, -0.2) is 29.5 Å². The minimum atomic E-state index is -0.788. The zero-order valence-corrected chi connectivity index (χ0v) is 15.6. The normalized spacial score (nSPS) is 16.1. The minimum absolute atomic E-state index is 0.270. The molecule has 0 fully saturated rings. The van der Waals surface area contributed by atoms with E-state index in [9.17, 15) is 9.59 Å². The molecule has 1 aliphatic heterocycles. The fourth-order valence-corrected chi connectivity index (χ4v) is 3.63. The van der Waals surface area contributed by atoms with Crippen LogP contribution in [-0.2, 0) is 22.4 Å².